The van der Waals surface area contributed by atoms with E-state index in [0.717, 1.165) is 46.7 Å². The van der Waals surface area contributed by atoms with Gasteiger partial charge in [-0.15, -0.1) is 0 Å². The molecule has 0 radical (unpaired) electrons. The normalized spacial score (nSPS) is 15.3. The monoisotopic (exact) mass is 465 g/mol. The molecule has 174 valence electrons. The zero-order chi connectivity index (χ0) is 23.2. The Morgan fingerprint density at radius 2 is 2.03 bits per heavy atom. The molecule has 0 saturated heterocycles. The lowest BCUT2D eigenvalue weighted by Gasteiger charge is -2.23. The number of nitrogens with zero attached hydrogens (tertiary/aromatic N) is 2. The van der Waals surface area contributed by atoms with Gasteiger partial charge in [0.15, 0.2) is 0 Å². The Hall–Kier alpha value is -2.77. The van der Waals surface area contributed by atoms with Gasteiger partial charge in [-0.1, -0.05) is 24.3 Å². The van der Waals surface area contributed by atoms with E-state index in [1.165, 1.54) is 5.56 Å². The molecule has 1 unspecified atom stereocenters. The van der Waals surface area contributed by atoms with E-state index in [9.17, 15) is 4.79 Å². The molecule has 33 heavy (non-hydrogen) atoms. The van der Waals surface area contributed by atoms with Crippen LogP contribution in [-0.2, 0) is 22.5 Å². The first-order chi connectivity index (χ1) is 16.0. The Morgan fingerprint density at radius 3 is 2.79 bits per heavy atom. The van der Waals surface area contributed by atoms with E-state index >= 15 is 0 Å². The average Bonchev–Trinajstić information content (AvgIpc) is 3.21. The van der Waals surface area contributed by atoms with Gasteiger partial charge in [0.05, 0.1) is 18.9 Å². The maximum Gasteiger partial charge on any atom is 0.327 e. The first-order valence-electron chi connectivity index (χ1n) is 11.5. The van der Waals surface area contributed by atoms with Crippen LogP contribution in [0, 0.1) is 0 Å². The maximum atomic E-state index is 11.9. The van der Waals surface area contributed by atoms with Crippen molar-refractivity contribution in [1.82, 2.24) is 14.5 Å². The number of aromatic nitrogens is 2. The van der Waals surface area contributed by atoms with Crippen LogP contribution in [0.4, 0.5) is 0 Å². The number of hydrogen-bond donors (Lipinski definition) is 1. The lowest BCUT2D eigenvalue weighted by atomic mass is 9.94. The van der Waals surface area contributed by atoms with Gasteiger partial charge in [-0.05, 0) is 87.4 Å². The summed E-state index contributed by atoms with van der Waals surface area (Å²) in [6.45, 7) is 6.45. The van der Waals surface area contributed by atoms with E-state index < -0.39 is 0 Å². The first kappa shape index (κ1) is 23.4. The van der Waals surface area contributed by atoms with Crippen LogP contribution in [0.15, 0.2) is 59.6 Å². The van der Waals surface area contributed by atoms with Crippen LogP contribution < -0.4 is 9.46 Å². The number of benzene rings is 2. The third-order valence-corrected chi connectivity index (χ3v) is 6.47. The van der Waals surface area contributed by atoms with Crippen molar-refractivity contribution in [2.24, 2.45) is 0 Å². The molecule has 1 heterocycles. The lowest BCUT2D eigenvalue weighted by molar-refractivity contribution is -0.144. The van der Waals surface area contributed by atoms with E-state index in [-0.39, 0.29) is 24.7 Å². The van der Waals surface area contributed by atoms with Crippen molar-refractivity contribution < 1.29 is 14.3 Å². The number of fused-ring (bicyclic) bond motifs is 1. The van der Waals surface area contributed by atoms with E-state index in [4.69, 9.17) is 9.47 Å². The van der Waals surface area contributed by atoms with Gasteiger partial charge in [-0.3, -0.25) is 14.2 Å². The fourth-order valence-electron chi connectivity index (χ4n) is 4.08. The Kier molecular flexibility index (Phi) is 7.73. The van der Waals surface area contributed by atoms with Gasteiger partial charge >= 0.3 is 5.97 Å². The predicted octanol–water partition coefficient (Wildman–Crippen LogP) is 5.57. The Bertz CT molecular complexity index is 1080. The van der Waals surface area contributed by atoms with Gasteiger partial charge in [-0.25, -0.2) is 0 Å². The number of nitrogens with one attached hydrogen (secondary N) is 1. The van der Waals surface area contributed by atoms with Crippen LogP contribution >= 0.6 is 11.9 Å². The highest BCUT2D eigenvalue weighted by molar-refractivity contribution is 7.97. The molecular formula is C26H31N3O3S. The summed E-state index contributed by atoms with van der Waals surface area (Å²) >= 11 is 1.63. The summed E-state index contributed by atoms with van der Waals surface area (Å²) in [5, 5.41) is 4.45. The minimum atomic E-state index is -0.241. The topological polar surface area (TPSA) is 65.4 Å². The van der Waals surface area contributed by atoms with E-state index in [0.29, 0.717) is 6.61 Å². The second-order valence-corrected chi connectivity index (χ2v) is 9.30. The summed E-state index contributed by atoms with van der Waals surface area (Å²) in [6, 6.07) is 17.0. The van der Waals surface area contributed by atoms with Crippen molar-refractivity contribution in [1.29, 1.82) is 0 Å². The van der Waals surface area contributed by atoms with Crippen molar-refractivity contribution in [2.75, 3.05) is 6.61 Å². The minimum Gasteiger partial charge on any atom is -0.491 e. The second kappa shape index (κ2) is 10.9. The van der Waals surface area contributed by atoms with Gasteiger partial charge in [0.1, 0.15) is 12.3 Å². The fourth-order valence-corrected chi connectivity index (χ4v) is 4.88. The lowest BCUT2D eigenvalue weighted by Crippen LogP contribution is -2.22. The smallest absolute Gasteiger partial charge is 0.327 e. The molecule has 1 N–H and O–H groups in total. The van der Waals surface area contributed by atoms with Crippen molar-refractivity contribution in [2.45, 2.75) is 63.6 Å². The fraction of sp³-hybridized carbons (Fsp3) is 0.385. The van der Waals surface area contributed by atoms with Gasteiger partial charge < -0.3 is 9.47 Å². The Labute approximate surface area is 199 Å². The number of carbonyl (C=O) groups is 1. The number of hydrogen-bond acceptors (Lipinski definition) is 6. The molecular weight excluding hydrogens is 434 g/mol. The molecule has 1 aromatic heterocycles. The van der Waals surface area contributed by atoms with Crippen LogP contribution in [0.1, 0.15) is 50.9 Å². The number of rotatable bonds is 9. The summed E-state index contributed by atoms with van der Waals surface area (Å²) < 4.78 is 16.3. The van der Waals surface area contributed by atoms with E-state index in [1.54, 1.807) is 16.6 Å². The third kappa shape index (κ3) is 5.97. The van der Waals surface area contributed by atoms with Crippen LogP contribution in [0.5, 0.6) is 5.75 Å². The van der Waals surface area contributed by atoms with Gasteiger partial charge in [-0.2, -0.15) is 5.10 Å². The minimum absolute atomic E-state index is 0.155. The Morgan fingerprint density at radius 1 is 1.21 bits per heavy atom. The molecule has 4 rings (SSSR count). The molecule has 0 fully saturated rings. The molecule has 6 nitrogen and oxygen atoms in total. The van der Waals surface area contributed by atoms with Crippen molar-refractivity contribution in [3.8, 4) is 16.9 Å². The maximum absolute atomic E-state index is 11.9. The number of ether oxygens (including phenoxy) is 2. The summed E-state index contributed by atoms with van der Waals surface area (Å²) in [6.07, 6.45) is 5.09. The highest BCUT2D eigenvalue weighted by atomic mass is 32.2. The standard InChI is InChI=1S/C26H31N3O3S/c1-4-31-26(30)17-29-25-10-6-9-24(23(25)16-27-29)28-33-22-13-11-19(12-14-22)20-7-5-8-21(15-20)32-18(2)3/h5,7-8,11-16,18,24,28H,4,6,9-10,17H2,1-3H3. The number of carbonyl (C=O) groups excluding carboxylic acids is 1. The van der Waals surface area contributed by atoms with Crippen LogP contribution in [0.25, 0.3) is 11.1 Å². The summed E-state index contributed by atoms with van der Waals surface area (Å²) in [5.74, 6) is 0.647. The van der Waals surface area contributed by atoms with Crippen molar-refractivity contribution in [3.05, 3.63) is 66.0 Å². The Balaban J connectivity index is 1.39. The molecule has 0 aliphatic heterocycles. The van der Waals surface area contributed by atoms with Gasteiger partial charge in [0.2, 0.25) is 0 Å². The predicted molar refractivity (Wildman–Crippen MR) is 131 cm³/mol. The molecule has 1 aliphatic rings. The first-order valence-corrected chi connectivity index (χ1v) is 12.3. The molecule has 1 aliphatic carbocycles. The molecule has 0 spiro atoms. The van der Waals surface area contributed by atoms with E-state index in [1.807, 2.05) is 39.1 Å². The molecule has 1 atom stereocenters. The SMILES string of the molecule is CCOC(=O)Cn1ncc2c1CCCC2NSc1ccc(-c2cccc(OC(C)C)c2)cc1. The van der Waals surface area contributed by atoms with Gasteiger partial charge in [0, 0.05) is 22.2 Å². The van der Waals surface area contributed by atoms with Crippen molar-refractivity contribution >= 4 is 17.9 Å². The zero-order valence-corrected chi connectivity index (χ0v) is 20.2. The van der Waals surface area contributed by atoms with Crippen molar-refractivity contribution in [3.63, 3.8) is 0 Å². The quantitative estimate of drug-likeness (QED) is 0.329. The molecule has 7 heteroatoms. The summed E-state index contributed by atoms with van der Waals surface area (Å²) in [5.41, 5.74) is 4.61. The largest absolute Gasteiger partial charge is 0.491 e. The zero-order valence-electron chi connectivity index (χ0n) is 19.4. The highest BCUT2D eigenvalue weighted by Crippen LogP contribution is 2.33. The number of esters is 1. The average molecular weight is 466 g/mol. The molecule has 2 aromatic carbocycles. The van der Waals surface area contributed by atoms with Crippen LogP contribution in [0.3, 0.4) is 0 Å². The van der Waals surface area contributed by atoms with Gasteiger partial charge in [0.25, 0.3) is 0 Å². The third-order valence-electron chi connectivity index (χ3n) is 5.56. The molecule has 0 amide bonds. The summed E-state index contributed by atoms with van der Waals surface area (Å²) in [7, 11) is 0. The molecule has 3 aromatic rings. The van der Waals surface area contributed by atoms with Crippen LogP contribution in [0.2, 0.25) is 0 Å². The summed E-state index contributed by atoms with van der Waals surface area (Å²) in [4.78, 5) is 13.0. The van der Waals surface area contributed by atoms with Crippen LogP contribution in [-0.4, -0.2) is 28.5 Å². The molecule has 0 saturated carbocycles. The molecule has 0 bridgehead atoms. The van der Waals surface area contributed by atoms with E-state index in [2.05, 4.69) is 46.2 Å². The highest BCUT2D eigenvalue weighted by Gasteiger charge is 2.25. The second-order valence-electron chi connectivity index (χ2n) is 8.39.